The van der Waals surface area contributed by atoms with Gasteiger partial charge in [-0.15, -0.1) is 0 Å². The zero-order valence-corrected chi connectivity index (χ0v) is 37.7. The number of fused-ring (bicyclic) bond motifs is 10. The highest BCUT2D eigenvalue weighted by atomic mass is 32.2. The molecule has 0 atom stereocenters. The maximum atomic E-state index is 7.34. The molecule has 5 aliphatic rings. The van der Waals surface area contributed by atoms with Crippen LogP contribution in [0.1, 0.15) is 0 Å². The standard InChI is InChI=1S/C60H35B2N3O3S/c1-5-16-36(17-6-1)63(37-18-7-2-8-19-37)40-28-30-43-48(32-40)67-51-35-52-56-59-55(51)61(43)45-25-15-27-53-57(45)65(59)58-46(34-50-54(60(58)69-53)42-24-13-14-26-47(42)66-50)62(56)44-31-29-41(33-49(44)68-52)64(38-20-9-3-10-21-38)39-22-11-4-12-23-39/h1-35H. The summed E-state index contributed by atoms with van der Waals surface area (Å²) in [5.74, 6) is 3.27. The summed E-state index contributed by atoms with van der Waals surface area (Å²) in [4.78, 5) is 9.61. The minimum absolute atomic E-state index is 0.0805. The monoisotopic (exact) mass is 899 g/mol. The van der Waals surface area contributed by atoms with Gasteiger partial charge in [0.2, 0.25) is 0 Å². The summed E-state index contributed by atoms with van der Waals surface area (Å²) in [6.45, 7) is -0.229. The summed E-state index contributed by atoms with van der Waals surface area (Å²) in [5.41, 5.74) is 18.8. The van der Waals surface area contributed by atoms with Crippen LogP contribution in [0, 0.1) is 0 Å². The molecule has 5 aliphatic heterocycles. The highest BCUT2D eigenvalue weighted by molar-refractivity contribution is 8.00. The van der Waals surface area contributed by atoms with Gasteiger partial charge in [0.05, 0.1) is 11.4 Å². The van der Waals surface area contributed by atoms with Crippen molar-refractivity contribution in [3.63, 3.8) is 0 Å². The molecule has 320 valence electrons. The normalized spacial score (nSPS) is 13.6. The molecule has 0 radical (unpaired) electrons. The summed E-state index contributed by atoms with van der Waals surface area (Å²) in [7, 11) is 0. The van der Waals surface area contributed by atoms with Gasteiger partial charge >= 0.3 is 0 Å². The van der Waals surface area contributed by atoms with E-state index in [0.29, 0.717) is 0 Å². The SMILES string of the molecule is c1ccc(N(c2ccccc2)c2ccc3c(c2)Oc2cc4c5c6c2B3c2cccc3c2N6c2c(cc6oc7ccccc7c6c2S3)B5c2ccc(N(c3ccccc3)c3ccccc3)cc2O4)cc1. The van der Waals surface area contributed by atoms with E-state index in [0.717, 1.165) is 101 Å². The van der Waals surface area contributed by atoms with Crippen molar-refractivity contribution in [3.8, 4) is 23.0 Å². The second-order valence-electron chi connectivity index (χ2n) is 18.3. The van der Waals surface area contributed by atoms with Crippen molar-refractivity contribution in [1.82, 2.24) is 0 Å². The molecule has 0 unspecified atom stereocenters. The maximum absolute atomic E-state index is 7.34. The lowest BCUT2D eigenvalue weighted by atomic mass is 9.29. The number of nitrogens with zero attached hydrogens (tertiary/aromatic N) is 3. The Labute approximate surface area is 402 Å². The maximum Gasteiger partial charge on any atom is 0.256 e. The molecular weight excluding hydrogens is 864 g/mol. The van der Waals surface area contributed by atoms with Crippen LogP contribution in [0.2, 0.25) is 0 Å². The first kappa shape index (κ1) is 37.6. The van der Waals surface area contributed by atoms with Crippen molar-refractivity contribution < 1.29 is 13.9 Å². The predicted molar refractivity (Wildman–Crippen MR) is 284 cm³/mol. The minimum atomic E-state index is -0.148. The van der Waals surface area contributed by atoms with E-state index in [9.17, 15) is 0 Å². The van der Waals surface area contributed by atoms with Crippen LogP contribution in [0.15, 0.2) is 227 Å². The topological polar surface area (TPSA) is 41.3 Å². The molecule has 1 aromatic heterocycles. The van der Waals surface area contributed by atoms with Gasteiger partial charge in [-0.3, -0.25) is 0 Å². The third-order valence-corrected chi connectivity index (χ3v) is 15.8. The molecular formula is C60H35B2N3O3S. The van der Waals surface area contributed by atoms with Crippen LogP contribution in [0.5, 0.6) is 23.0 Å². The van der Waals surface area contributed by atoms with Crippen LogP contribution in [0.3, 0.4) is 0 Å². The lowest BCUT2D eigenvalue weighted by Crippen LogP contribution is -2.67. The molecule has 0 fully saturated rings. The first-order valence-electron chi connectivity index (χ1n) is 23.5. The molecule has 6 heterocycles. The third kappa shape index (κ3) is 5.20. The second kappa shape index (κ2) is 14.0. The zero-order valence-electron chi connectivity index (χ0n) is 36.8. The number of benzene rings is 10. The molecule has 16 rings (SSSR count). The molecule has 0 aliphatic carbocycles. The van der Waals surface area contributed by atoms with Crippen molar-refractivity contribution >= 4 is 131 Å². The number of anilines is 9. The molecule has 10 aromatic carbocycles. The fourth-order valence-corrected chi connectivity index (χ4v) is 13.2. The van der Waals surface area contributed by atoms with E-state index in [1.165, 1.54) is 37.6 Å². The number of furan rings is 1. The molecule has 11 aromatic rings. The Bertz CT molecular complexity index is 3900. The Hall–Kier alpha value is -8.52. The highest BCUT2D eigenvalue weighted by Gasteiger charge is 2.53. The van der Waals surface area contributed by atoms with Gasteiger partial charge in [-0.25, -0.2) is 0 Å². The lowest BCUT2D eigenvalue weighted by molar-refractivity contribution is 0.466. The van der Waals surface area contributed by atoms with Gasteiger partial charge < -0.3 is 28.6 Å². The number of hydrogen-bond donors (Lipinski definition) is 0. The Morgan fingerprint density at radius 2 is 0.899 bits per heavy atom. The molecule has 0 saturated carbocycles. The molecule has 0 bridgehead atoms. The Kier molecular flexibility index (Phi) is 7.63. The molecule has 0 N–H and O–H groups in total. The molecule has 0 spiro atoms. The van der Waals surface area contributed by atoms with Gasteiger partial charge in [-0.05, 0) is 112 Å². The van der Waals surface area contributed by atoms with Crippen molar-refractivity contribution in [1.29, 1.82) is 0 Å². The van der Waals surface area contributed by atoms with E-state index in [-0.39, 0.29) is 13.4 Å². The van der Waals surface area contributed by atoms with E-state index in [4.69, 9.17) is 13.9 Å². The van der Waals surface area contributed by atoms with E-state index in [1.807, 2.05) is 11.8 Å². The van der Waals surface area contributed by atoms with Gasteiger partial charge in [0.25, 0.3) is 13.4 Å². The van der Waals surface area contributed by atoms with Crippen LogP contribution < -0.4 is 57.0 Å². The lowest BCUT2D eigenvalue weighted by Gasteiger charge is -2.49. The Morgan fingerprint density at radius 3 is 1.46 bits per heavy atom. The zero-order chi connectivity index (χ0) is 44.9. The van der Waals surface area contributed by atoms with Crippen LogP contribution in [-0.4, -0.2) is 13.4 Å². The summed E-state index contributed by atoms with van der Waals surface area (Å²) < 4.78 is 21.5. The van der Waals surface area contributed by atoms with Crippen LogP contribution in [0.4, 0.5) is 51.2 Å². The molecule has 0 amide bonds. The third-order valence-electron chi connectivity index (χ3n) is 14.7. The first-order valence-corrected chi connectivity index (χ1v) is 24.3. The summed E-state index contributed by atoms with van der Waals surface area (Å²) >= 11 is 1.87. The number of ether oxygens (including phenoxy) is 2. The van der Waals surface area contributed by atoms with Crippen molar-refractivity contribution in [3.05, 3.63) is 212 Å². The van der Waals surface area contributed by atoms with Gasteiger partial charge in [0.15, 0.2) is 0 Å². The van der Waals surface area contributed by atoms with Gasteiger partial charge in [0.1, 0.15) is 34.2 Å². The summed E-state index contributed by atoms with van der Waals surface area (Å²) in [6.07, 6.45) is 0. The minimum Gasteiger partial charge on any atom is -0.458 e. The summed E-state index contributed by atoms with van der Waals surface area (Å²) in [6, 6.07) is 75.6. The van der Waals surface area contributed by atoms with Crippen LogP contribution in [-0.2, 0) is 0 Å². The number of rotatable bonds is 6. The average Bonchev–Trinajstić information content (AvgIpc) is 3.78. The number of hydrogen-bond acceptors (Lipinski definition) is 7. The highest BCUT2D eigenvalue weighted by Crippen LogP contribution is 2.58. The quantitative estimate of drug-likeness (QED) is 0.154. The first-order chi connectivity index (χ1) is 34.2. The largest absolute Gasteiger partial charge is 0.458 e. The van der Waals surface area contributed by atoms with E-state index in [2.05, 4.69) is 227 Å². The fourth-order valence-electron chi connectivity index (χ4n) is 11.9. The second-order valence-corrected chi connectivity index (χ2v) is 19.4. The summed E-state index contributed by atoms with van der Waals surface area (Å²) in [5, 5.41) is 2.28. The van der Waals surface area contributed by atoms with E-state index < -0.39 is 0 Å². The van der Waals surface area contributed by atoms with Gasteiger partial charge in [-0.2, -0.15) is 0 Å². The van der Waals surface area contributed by atoms with E-state index >= 15 is 0 Å². The van der Waals surface area contributed by atoms with Crippen molar-refractivity contribution in [2.24, 2.45) is 0 Å². The fraction of sp³-hybridized carbons (Fsp3) is 0. The van der Waals surface area contributed by atoms with E-state index in [1.54, 1.807) is 0 Å². The van der Waals surface area contributed by atoms with Crippen LogP contribution >= 0.6 is 11.8 Å². The Morgan fingerprint density at radius 1 is 0.377 bits per heavy atom. The molecule has 6 nitrogen and oxygen atoms in total. The van der Waals surface area contributed by atoms with Gasteiger partial charge in [-0.1, -0.05) is 127 Å². The molecule has 0 saturated heterocycles. The smallest absolute Gasteiger partial charge is 0.256 e. The average molecular weight is 900 g/mol. The number of para-hydroxylation sites is 6. The van der Waals surface area contributed by atoms with Crippen molar-refractivity contribution in [2.75, 3.05) is 14.7 Å². The molecule has 9 heteroatoms. The van der Waals surface area contributed by atoms with Crippen LogP contribution in [0.25, 0.3) is 21.9 Å². The molecule has 69 heavy (non-hydrogen) atoms. The van der Waals surface area contributed by atoms with Gasteiger partial charge in [0, 0.05) is 78.6 Å². The van der Waals surface area contributed by atoms with Crippen molar-refractivity contribution in [2.45, 2.75) is 9.79 Å². The Balaban J connectivity index is 0.952. The predicted octanol–water partition coefficient (Wildman–Crippen LogP) is 12.3.